The highest BCUT2D eigenvalue weighted by molar-refractivity contribution is 7.17. The standard InChI is InChI=1S/C26H22N2O5S/c1-15-8-9-18-17(12-22(29)33-20(18)11-15)14-32-26(31)23-19-6-2-3-7-21(19)34-25(23)28-24(30)16-5-4-10-27-13-16/h4-5,8-13H,2-3,6-7,14H2,1H3,(H,28,30). The molecule has 3 heterocycles. The number of hydrogen-bond donors (Lipinski definition) is 1. The van der Waals surface area contributed by atoms with Crippen LogP contribution in [-0.4, -0.2) is 16.9 Å². The SMILES string of the molecule is Cc1ccc2c(COC(=O)c3c(NC(=O)c4cccnc4)sc4c3CCCC4)cc(=O)oc2c1. The highest BCUT2D eigenvalue weighted by atomic mass is 32.1. The summed E-state index contributed by atoms with van der Waals surface area (Å²) in [5.41, 5.74) is 3.24. The van der Waals surface area contributed by atoms with Crippen molar-refractivity contribution in [2.45, 2.75) is 39.2 Å². The van der Waals surface area contributed by atoms with Crippen LogP contribution in [0.3, 0.4) is 0 Å². The van der Waals surface area contributed by atoms with Gasteiger partial charge in [0.1, 0.15) is 17.2 Å². The Balaban J connectivity index is 1.44. The van der Waals surface area contributed by atoms with Gasteiger partial charge in [-0.05, 0) is 61.9 Å². The molecule has 1 aliphatic carbocycles. The number of hydrogen-bond acceptors (Lipinski definition) is 7. The number of rotatable bonds is 5. The second kappa shape index (κ2) is 9.23. The van der Waals surface area contributed by atoms with Crippen molar-refractivity contribution >= 4 is 39.2 Å². The van der Waals surface area contributed by atoms with Gasteiger partial charge in [0.15, 0.2) is 0 Å². The quantitative estimate of drug-likeness (QED) is 0.321. The fourth-order valence-corrected chi connectivity index (χ4v) is 5.49. The van der Waals surface area contributed by atoms with Crippen molar-refractivity contribution in [2.24, 2.45) is 0 Å². The molecule has 34 heavy (non-hydrogen) atoms. The molecule has 1 N–H and O–H groups in total. The number of aromatic nitrogens is 1. The van der Waals surface area contributed by atoms with Gasteiger partial charge in [-0.25, -0.2) is 9.59 Å². The second-order valence-electron chi connectivity index (χ2n) is 8.28. The van der Waals surface area contributed by atoms with Crippen molar-refractivity contribution in [3.8, 4) is 0 Å². The first-order chi connectivity index (χ1) is 16.5. The number of esters is 1. The molecule has 7 nitrogen and oxygen atoms in total. The van der Waals surface area contributed by atoms with Gasteiger partial charge >= 0.3 is 11.6 Å². The fourth-order valence-electron chi connectivity index (χ4n) is 4.21. The second-order valence-corrected chi connectivity index (χ2v) is 9.38. The number of thiophene rings is 1. The minimum atomic E-state index is -0.519. The van der Waals surface area contributed by atoms with Gasteiger partial charge in [-0.15, -0.1) is 11.3 Å². The van der Waals surface area contributed by atoms with E-state index < -0.39 is 11.6 Å². The summed E-state index contributed by atoms with van der Waals surface area (Å²) in [5, 5.41) is 4.08. The van der Waals surface area contributed by atoms with E-state index in [-0.39, 0.29) is 12.5 Å². The molecule has 0 bridgehead atoms. The maximum absolute atomic E-state index is 13.3. The van der Waals surface area contributed by atoms with Crippen LogP contribution < -0.4 is 10.9 Å². The first-order valence-electron chi connectivity index (χ1n) is 11.1. The number of ether oxygens (including phenoxy) is 1. The molecule has 0 radical (unpaired) electrons. The third kappa shape index (κ3) is 4.36. The highest BCUT2D eigenvalue weighted by Gasteiger charge is 2.28. The molecular formula is C26H22N2O5S. The minimum absolute atomic E-state index is 0.0788. The van der Waals surface area contributed by atoms with Crippen molar-refractivity contribution in [3.63, 3.8) is 0 Å². The molecule has 0 atom stereocenters. The number of anilines is 1. The Morgan fingerprint density at radius 1 is 1.18 bits per heavy atom. The van der Waals surface area contributed by atoms with Crippen LogP contribution in [0.1, 0.15) is 55.1 Å². The van der Waals surface area contributed by atoms with E-state index in [1.165, 1.54) is 23.6 Å². The molecule has 3 aromatic heterocycles. The number of nitrogens with zero attached hydrogens (tertiary/aromatic N) is 1. The van der Waals surface area contributed by atoms with Crippen LogP contribution in [0.25, 0.3) is 11.0 Å². The molecular weight excluding hydrogens is 452 g/mol. The number of aryl methyl sites for hydroxylation is 2. The van der Waals surface area contributed by atoms with Gasteiger partial charge in [0.25, 0.3) is 5.91 Å². The fraction of sp³-hybridized carbons (Fsp3) is 0.231. The topological polar surface area (TPSA) is 98.5 Å². The summed E-state index contributed by atoms with van der Waals surface area (Å²) in [6, 6.07) is 10.2. The number of benzene rings is 1. The Kier molecular flexibility index (Phi) is 5.98. The Morgan fingerprint density at radius 2 is 2.03 bits per heavy atom. The monoisotopic (exact) mass is 474 g/mol. The van der Waals surface area contributed by atoms with Crippen molar-refractivity contribution in [2.75, 3.05) is 5.32 Å². The average Bonchev–Trinajstić information content (AvgIpc) is 3.20. The van der Waals surface area contributed by atoms with Gasteiger partial charge in [0.2, 0.25) is 0 Å². The van der Waals surface area contributed by atoms with Gasteiger partial charge in [-0.3, -0.25) is 9.78 Å². The van der Waals surface area contributed by atoms with E-state index >= 15 is 0 Å². The van der Waals surface area contributed by atoms with Crippen LogP contribution in [0, 0.1) is 6.92 Å². The first kappa shape index (κ1) is 22.0. The number of carbonyl (C=O) groups excluding carboxylic acids is 2. The van der Waals surface area contributed by atoms with E-state index in [4.69, 9.17) is 9.15 Å². The zero-order valence-corrected chi connectivity index (χ0v) is 19.4. The van der Waals surface area contributed by atoms with Gasteiger partial charge in [0.05, 0.1) is 11.1 Å². The molecule has 172 valence electrons. The van der Waals surface area contributed by atoms with Crippen LogP contribution >= 0.6 is 11.3 Å². The van der Waals surface area contributed by atoms with Gasteiger partial charge < -0.3 is 14.5 Å². The van der Waals surface area contributed by atoms with E-state index in [9.17, 15) is 14.4 Å². The Bertz CT molecular complexity index is 1460. The lowest BCUT2D eigenvalue weighted by Gasteiger charge is -2.13. The Morgan fingerprint density at radius 3 is 2.85 bits per heavy atom. The van der Waals surface area contributed by atoms with Crippen LogP contribution in [0.5, 0.6) is 0 Å². The Labute approximate surface area is 199 Å². The third-order valence-corrected chi connectivity index (χ3v) is 7.08. The molecule has 1 amide bonds. The summed E-state index contributed by atoms with van der Waals surface area (Å²) in [7, 11) is 0. The lowest BCUT2D eigenvalue weighted by molar-refractivity contribution is 0.0474. The molecule has 8 heteroatoms. The van der Waals surface area contributed by atoms with E-state index in [0.29, 0.717) is 27.3 Å². The molecule has 1 aliphatic rings. The number of fused-ring (bicyclic) bond motifs is 2. The van der Waals surface area contributed by atoms with Crippen molar-refractivity contribution < 1.29 is 18.7 Å². The number of nitrogens with one attached hydrogen (secondary N) is 1. The molecule has 0 unspecified atom stereocenters. The molecule has 4 aromatic rings. The summed E-state index contributed by atoms with van der Waals surface area (Å²) in [5.74, 6) is -0.850. The summed E-state index contributed by atoms with van der Waals surface area (Å²) < 4.78 is 11.0. The number of amides is 1. The molecule has 0 saturated heterocycles. The Hall–Kier alpha value is -3.78. The third-order valence-electron chi connectivity index (χ3n) is 5.87. The average molecular weight is 475 g/mol. The molecule has 0 saturated carbocycles. The van der Waals surface area contributed by atoms with Crippen LogP contribution in [-0.2, 0) is 24.2 Å². The van der Waals surface area contributed by atoms with Gasteiger partial charge in [-0.2, -0.15) is 0 Å². The van der Waals surface area contributed by atoms with Crippen molar-refractivity contribution in [1.82, 2.24) is 4.98 Å². The van der Waals surface area contributed by atoms with Crippen LogP contribution in [0.15, 0.2) is 58.0 Å². The predicted octanol–water partition coefficient (Wildman–Crippen LogP) is 5.05. The van der Waals surface area contributed by atoms with E-state index in [0.717, 1.165) is 47.1 Å². The maximum atomic E-state index is 13.3. The molecule has 1 aromatic carbocycles. The normalized spacial score (nSPS) is 12.9. The maximum Gasteiger partial charge on any atom is 0.341 e. The summed E-state index contributed by atoms with van der Waals surface area (Å²) >= 11 is 1.42. The largest absolute Gasteiger partial charge is 0.457 e. The van der Waals surface area contributed by atoms with Gasteiger partial charge in [-0.1, -0.05) is 12.1 Å². The van der Waals surface area contributed by atoms with Crippen molar-refractivity contribution in [3.05, 3.63) is 91.9 Å². The molecule has 0 spiro atoms. The summed E-state index contributed by atoms with van der Waals surface area (Å²) in [4.78, 5) is 43.2. The lowest BCUT2D eigenvalue weighted by atomic mass is 9.95. The molecule has 5 rings (SSSR count). The summed E-state index contributed by atoms with van der Waals surface area (Å²) in [6.07, 6.45) is 6.73. The number of carbonyl (C=O) groups is 2. The van der Waals surface area contributed by atoms with E-state index in [1.54, 1.807) is 24.4 Å². The molecule has 0 aliphatic heterocycles. The van der Waals surface area contributed by atoms with Gasteiger partial charge in [0, 0.05) is 34.3 Å². The minimum Gasteiger partial charge on any atom is -0.457 e. The molecule has 0 fully saturated rings. The predicted molar refractivity (Wildman–Crippen MR) is 129 cm³/mol. The van der Waals surface area contributed by atoms with Crippen molar-refractivity contribution in [1.29, 1.82) is 0 Å². The zero-order chi connectivity index (χ0) is 23.7. The van der Waals surface area contributed by atoms with Crippen LogP contribution in [0.2, 0.25) is 0 Å². The summed E-state index contributed by atoms with van der Waals surface area (Å²) in [6.45, 7) is 1.83. The van der Waals surface area contributed by atoms with E-state index in [1.807, 2.05) is 19.1 Å². The van der Waals surface area contributed by atoms with E-state index in [2.05, 4.69) is 10.3 Å². The lowest BCUT2D eigenvalue weighted by Crippen LogP contribution is -2.16. The first-order valence-corrected chi connectivity index (χ1v) is 11.9. The smallest absolute Gasteiger partial charge is 0.341 e. The zero-order valence-electron chi connectivity index (χ0n) is 18.6. The highest BCUT2D eigenvalue weighted by Crippen LogP contribution is 2.39. The number of pyridine rings is 1. The van der Waals surface area contributed by atoms with Crippen LogP contribution in [0.4, 0.5) is 5.00 Å².